The molecule has 0 bridgehead atoms. The van der Waals surface area contributed by atoms with Crippen molar-refractivity contribution in [1.82, 2.24) is 10.3 Å². The number of benzene rings is 1. The maximum Gasteiger partial charge on any atom is 0.418 e. The Labute approximate surface area is 156 Å². The van der Waals surface area contributed by atoms with Gasteiger partial charge in [0.25, 0.3) is 0 Å². The number of alkyl halides is 3. The van der Waals surface area contributed by atoms with E-state index >= 15 is 0 Å². The van der Waals surface area contributed by atoms with Crippen molar-refractivity contribution in [2.24, 2.45) is 10.9 Å². The zero-order chi connectivity index (χ0) is 19.4. The van der Waals surface area contributed by atoms with Crippen molar-refractivity contribution in [1.29, 1.82) is 0 Å². The minimum atomic E-state index is -4.45. The van der Waals surface area contributed by atoms with Crippen LogP contribution in [0.5, 0.6) is 0 Å². The van der Waals surface area contributed by atoms with Gasteiger partial charge < -0.3 is 10.6 Å². The Hall–Kier alpha value is -2.41. The summed E-state index contributed by atoms with van der Waals surface area (Å²) in [6.45, 7) is 7.50. The number of nitrogens with zero attached hydrogens (tertiary/aromatic N) is 2. The SMILES string of the molecule is CC(C)CCNCC1=N[CH]c2ccc(-c3ncccc3C(F)(F)F)cc2N1. The van der Waals surface area contributed by atoms with Crippen molar-refractivity contribution in [3.8, 4) is 11.3 Å². The summed E-state index contributed by atoms with van der Waals surface area (Å²) in [7, 11) is 0. The quantitative estimate of drug-likeness (QED) is 0.717. The number of fused-ring (bicyclic) bond motifs is 1. The number of aromatic nitrogens is 1. The Morgan fingerprint density at radius 1 is 1.19 bits per heavy atom. The molecule has 0 unspecified atom stereocenters. The van der Waals surface area contributed by atoms with Gasteiger partial charge in [0.2, 0.25) is 0 Å². The van der Waals surface area contributed by atoms with Crippen LogP contribution < -0.4 is 10.6 Å². The Morgan fingerprint density at radius 2 is 2.00 bits per heavy atom. The van der Waals surface area contributed by atoms with E-state index in [1.54, 1.807) is 24.7 Å². The van der Waals surface area contributed by atoms with Crippen LogP contribution in [0.2, 0.25) is 0 Å². The number of hydrogen-bond acceptors (Lipinski definition) is 4. The summed E-state index contributed by atoms with van der Waals surface area (Å²) in [6, 6.07) is 7.42. The minimum Gasteiger partial charge on any atom is -0.343 e. The van der Waals surface area contributed by atoms with Crippen molar-refractivity contribution in [3.63, 3.8) is 0 Å². The molecule has 1 aliphatic heterocycles. The van der Waals surface area contributed by atoms with Crippen molar-refractivity contribution in [3.05, 3.63) is 54.2 Å². The number of anilines is 1. The molecule has 0 spiro atoms. The molecule has 0 saturated carbocycles. The standard InChI is InChI=1S/C20H22F3N4/c1-13(2)7-9-24-12-18-26-11-15-6-5-14(10-17(15)27-18)19-16(20(21,22)23)4-3-8-25-19/h3-6,8,10-11,13,24H,7,9,12H2,1-2H3,(H,26,27). The van der Waals surface area contributed by atoms with Gasteiger partial charge in [0.05, 0.1) is 17.8 Å². The Morgan fingerprint density at radius 3 is 2.74 bits per heavy atom. The van der Waals surface area contributed by atoms with Gasteiger partial charge in [-0.15, -0.1) is 0 Å². The highest BCUT2D eigenvalue weighted by Crippen LogP contribution is 2.37. The molecule has 2 aromatic rings. The predicted octanol–water partition coefficient (Wildman–Crippen LogP) is 4.74. The summed E-state index contributed by atoms with van der Waals surface area (Å²) in [4.78, 5) is 8.33. The number of halogens is 3. The van der Waals surface area contributed by atoms with Crippen LogP contribution >= 0.6 is 0 Å². The van der Waals surface area contributed by atoms with Crippen LogP contribution in [0.4, 0.5) is 18.9 Å². The molecular weight excluding hydrogens is 353 g/mol. The van der Waals surface area contributed by atoms with E-state index in [4.69, 9.17) is 0 Å². The van der Waals surface area contributed by atoms with Crippen LogP contribution in [0.15, 0.2) is 41.5 Å². The van der Waals surface area contributed by atoms with Gasteiger partial charge in [-0.25, -0.2) is 0 Å². The van der Waals surface area contributed by atoms with Gasteiger partial charge in [-0.05, 0) is 37.1 Å². The molecule has 0 fully saturated rings. The molecule has 3 rings (SSSR count). The van der Waals surface area contributed by atoms with E-state index in [1.165, 1.54) is 12.3 Å². The van der Waals surface area contributed by atoms with Crippen LogP contribution in [0, 0.1) is 12.5 Å². The molecular formula is C20H22F3N4. The molecule has 0 amide bonds. The monoisotopic (exact) mass is 375 g/mol. The second kappa shape index (κ2) is 8.08. The third-order valence-corrected chi connectivity index (χ3v) is 4.27. The highest BCUT2D eigenvalue weighted by molar-refractivity contribution is 6.00. The van der Waals surface area contributed by atoms with Crippen LogP contribution in [-0.4, -0.2) is 23.9 Å². The number of rotatable bonds is 6. The fourth-order valence-electron chi connectivity index (χ4n) is 2.81. The van der Waals surface area contributed by atoms with Gasteiger partial charge in [0, 0.05) is 23.0 Å². The van der Waals surface area contributed by atoms with E-state index in [-0.39, 0.29) is 5.69 Å². The molecule has 2 heterocycles. The zero-order valence-corrected chi connectivity index (χ0v) is 15.3. The van der Waals surface area contributed by atoms with Gasteiger partial charge in [-0.1, -0.05) is 26.0 Å². The third kappa shape index (κ3) is 4.86. The van der Waals surface area contributed by atoms with Gasteiger partial charge in [0.1, 0.15) is 12.4 Å². The molecule has 0 saturated heterocycles. The second-order valence-electron chi connectivity index (χ2n) is 6.89. The van der Waals surface area contributed by atoms with E-state index in [0.29, 0.717) is 18.0 Å². The highest BCUT2D eigenvalue weighted by atomic mass is 19.4. The molecule has 4 nitrogen and oxygen atoms in total. The summed E-state index contributed by atoms with van der Waals surface area (Å²) in [5.41, 5.74) is 1.15. The van der Waals surface area contributed by atoms with Crippen LogP contribution in [0.1, 0.15) is 31.4 Å². The lowest BCUT2D eigenvalue weighted by Gasteiger charge is -2.20. The van der Waals surface area contributed by atoms with E-state index in [2.05, 4.69) is 34.5 Å². The Bertz CT molecular complexity index is 828. The average Bonchev–Trinajstić information content (AvgIpc) is 2.64. The number of pyridine rings is 1. The van der Waals surface area contributed by atoms with E-state index < -0.39 is 11.7 Å². The first-order chi connectivity index (χ1) is 12.8. The zero-order valence-electron chi connectivity index (χ0n) is 15.3. The third-order valence-electron chi connectivity index (χ3n) is 4.27. The van der Waals surface area contributed by atoms with Gasteiger partial charge in [0.15, 0.2) is 0 Å². The van der Waals surface area contributed by atoms with Crippen molar-refractivity contribution < 1.29 is 13.2 Å². The summed E-state index contributed by atoms with van der Waals surface area (Å²) in [5, 5.41) is 6.52. The fourth-order valence-corrected chi connectivity index (χ4v) is 2.81. The highest BCUT2D eigenvalue weighted by Gasteiger charge is 2.34. The first-order valence-electron chi connectivity index (χ1n) is 8.89. The van der Waals surface area contributed by atoms with Crippen molar-refractivity contribution in [2.75, 3.05) is 18.4 Å². The van der Waals surface area contributed by atoms with E-state index in [0.717, 1.165) is 36.1 Å². The number of aliphatic imine (C=N–C) groups is 1. The van der Waals surface area contributed by atoms with E-state index in [1.807, 2.05) is 0 Å². The molecule has 27 heavy (non-hydrogen) atoms. The molecule has 0 aliphatic carbocycles. The van der Waals surface area contributed by atoms with Crippen LogP contribution in [-0.2, 0) is 6.18 Å². The lowest BCUT2D eigenvalue weighted by molar-refractivity contribution is -0.137. The molecule has 7 heteroatoms. The molecule has 1 aromatic heterocycles. The Kier molecular flexibility index (Phi) is 5.79. The van der Waals surface area contributed by atoms with Crippen LogP contribution in [0.25, 0.3) is 11.3 Å². The first kappa shape index (κ1) is 19.4. The predicted molar refractivity (Wildman–Crippen MR) is 101 cm³/mol. The van der Waals surface area contributed by atoms with Crippen LogP contribution in [0.3, 0.4) is 0 Å². The van der Waals surface area contributed by atoms with Gasteiger partial charge in [-0.2, -0.15) is 13.2 Å². The van der Waals surface area contributed by atoms with Gasteiger partial charge in [-0.3, -0.25) is 9.98 Å². The smallest absolute Gasteiger partial charge is 0.343 e. The molecule has 0 atom stereocenters. The molecule has 2 N–H and O–H groups in total. The summed E-state index contributed by atoms with van der Waals surface area (Å²) in [6.07, 6.45) is -2.02. The molecule has 1 aromatic carbocycles. The summed E-state index contributed by atoms with van der Waals surface area (Å²) in [5.74, 6) is 1.36. The van der Waals surface area contributed by atoms with E-state index in [9.17, 15) is 13.2 Å². The molecule has 1 radical (unpaired) electrons. The Balaban J connectivity index is 1.77. The lowest BCUT2D eigenvalue weighted by atomic mass is 10.0. The lowest BCUT2D eigenvalue weighted by Crippen LogP contribution is -2.31. The number of hydrogen-bond donors (Lipinski definition) is 2. The minimum absolute atomic E-state index is 0.0753. The molecule has 1 aliphatic rings. The average molecular weight is 375 g/mol. The topological polar surface area (TPSA) is 49.3 Å². The fraction of sp³-hybridized carbons (Fsp3) is 0.350. The van der Waals surface area contributed by atoms with Gasteiger partial charge >= 0.3 is 6.18 Å². The first-order valence-corrected chi connectivity index (χ1v) is 8.89. The van der Waals surface area contributed by atoms with Crippen molar-refractivity contribution >= 4 is 11.5 Å². The normalized spacial score (nSPS) is 13.9. The number of amidine groups is 1. The maximum absolute atomic E-state index is 13.3. The second-order valence-corrected chi connectivity index (χ2v) is 6.89. The molecule has 143 valence electrons. The van der Waals surface area contributed by atoms with Crippen molar-refractivity contribution in [2.45, 2.75) is 26.4 Å². The largest absolute Gasteiger partial charge is 0.418 e. The number of nitrogens with one attached hydrogen (secondary N) is 2. The maximum atomic E-state index is 13.3. The summed E-state index contributed by atoms with van der Waals surface area (Å²) < 4.78 is 39.8. The summed E-state index contributed by atoms with van der Waals surface area (Å²) >= 11 is 0.